The molecule has 0 spiro atoms. The van der Waals surface area contributed by atoms with Crippen molar-refractivity contribution < 1.29 is 17.2 Å². The van der Waals surface area contributed by atoms with E-state index in [1.165, 1.54) is 41.4 Å². The van der Waals surface area contributed by atoms with E-state index in [1.807, 2.05) is 0 Å². The Hall–Kier alpha value is -2.97. The van der Waals surface area contributed by atoms with E-state index in [-0.39, 0.29) is 16.7 Å². The van der Waals surface area contributed by atoms with Gasteiger partial charge >= 0.3 is 0 Å². The highest BCUT2D eigenvalue weighted by molar-refractivity contribution is 7.90. The van der Waals surface area contributed by atoms with Crippen molar-refractivity contribution in [2.45, 2.75) is 10.9 Å². The molecule has 0 saturated carbocycles. The lowest BCUT2D eigenvalue weighted by atomic mass is 10.2. The summed E-state index contributed by atoms with van der Waals surface area (Å²) >= 11 is 5.96. The topological polar surface area (TPSA) is 78.0 Å². The molecule has 0 fully saturated rings. The molecule has 0 aliphatic carbocycles. The summed E-state index contributed by atoms with van der Waals surface area (Å²) in [6.45, 7) is 0. The minimum atomic E-state index is -3.86. The summed E-state index contributed by atoms with van der Waals surface area (Å²) < 4.78 is 45.9. The van der Waals surface area contributed by atoms with E-state index in [4.69, 9.17) is 16.0 Å². The van der Waals surface area contributed by atoms with Crippen LogP contribution in [0.3, 0.4) is 0 Å². The number of oxazole rings is 1. The molecule has 0 atom stereocenters. The monoisotopic (exact) mass is 417 g/mol. The van der Waals surface area contributed by atoms with Crippen LogP contribution in [-0.2, 0) is 15.6 Å². The third-order valence-corrected chi connectivity index (χ3v) is 5.70. The first-order chi connectivity index (χ1) is 13.4. The highest BCUT2D eigenvalue weighted by Crippen LogP contribution is 2.24. The van der Waals surface area contributed by atoms with Gasteiger partial charge in [-0.3, -0.25) is 4.57 Å². The van der Waals surface area contributed by atoms with Gasteiger partial charge in [-0.25, -0.2) is 22.8 Å². The average Bonchev–Trinajstić information content (AvgIpc) is 3.31. The molecule has 0 aliphatic rings. The van der Waals surface area contributed by atoms with Gasteiger partial charge in [0.15, 0.2) is 0 Å². The Morgan fingerprint density at radius 1 is 1.14 bits per heavy atom. The SMILES string of the molecule is O=S(=O)(Cc1coc(-c2cccc(Cl)c2)n1)c1nccn1-c1cccc(F)c1. The van der Waals surface area contributed by atoms with Crippen LogP contribution in [0, 0.1) is 5.82 Å². The van der Waals surface area contributed by atoms with Gasteiger partial charge in [-0.05, 0) is 36.4 Å². The van der Waals surface area contributed by atoms with Gasteiger partial charge in [-0.1, -0.05) is 23.7 Å². The molecule has 0 radical (unpaired) electrons. The van der Waals surface area contributed by atoms with E-state index in [1.54, 1.807) is 30.3 Å². The Morgan fingerprint density at radius 3 is 2.75 bits per heavy atom. The highest BCUT2D eigenvalue weighted by atomic mass is 35.5. The fourth-order valence-electron chi connectivity index (χ4n) is 2.73. The Bertz CT molecular complexity index is 1250. The van der Waals surface area contributed by atoms with Crippen molar-refractivity contribution >= 4 is 21.4 Å². The predicted octanol–water partition coefficient (Wildman–Crippen LogP) is 4.29. The summed E-state index contributed by atoms with van der Waals surface area (Å²) in [6.07, 6.45) is 4.09. The maximum Gasteiger partial charge on any atom is 0.232 e. The summed E-state index contributed by atoms with van der Waals surface area (Å²) in [5.41, 5.74) is 1.22. The van der Waals surface area contributed by atoms with E-state index in [0.717, 1.165) is 0 Å². The van der Waals surface area contributed by atoms with E-state index >= 15 is 0 Å². The minimum absolute atomic E-state index is 0.203. The second kappa shape index (κ2) is 7.21. The van der Waals surface area contributed by atoms with Crippen LogP contribution in [0.4, 0.5) is 4.39 Å². The van der Waals surface area contributed by atoms with E-state index in [9.17, 15) is 12.8 Å². The number of sulfone groups is 1. The van der Waals surface area contributed by atoms with Crippen LogP contribution in [0.2, 0.25) is 5.02 Å². The van der Waals surface area contributed by atoms with Crippen LogP contribution in [0.1, 0.15) is 5.69 Å². The zero-order chi connectivity index (χ0) is 19.7. The Balaban J connectivity index is 1.64. The molecule has 0 amide bonds. The molecule has 28 heavy (non-hydrogen) atoms. The van der Waals surface area contributed by atoms with Gasteiger partial charge in [0.1, 0.15) is 17.8 Å². The van der Waals surface area contributed by atoms with Gasteiger partial charge in [-0.15, -0.1) is 0 Å². The first kappa shape index (κ1) is 18.4. The van der Waals surface area contributed by atoms with Crippen molar-refractivity contribution in [1.29, 1.82) is 0 Å². The fraction of sp³-hybridized carbons (Fsp3) is 0.0526. The summed E-state index contributed by atoms with van der Waals surface area (Å²) in [5, 5.41) is 0.312. The smallest absolute Gasteiger partial charge is 0.232 e. The minimum Gasteiger partial charge on any atom is -0.444 e. The molecule has 0 unspecified atom stereocenters. The molecule has 4 rings (SSSR count). The van der Waals surface area contributed by atoms with Crippen molar-refractivity contribution in [1.82, 2.24) is 14.5 Å². The van der Waals surface area contributed by atoms with Crippen molar-refractivity contribution in [3.8, 4) is 17.1 Å². The molecule has 6 nitrogen and oxygen atoms in total. The van der Waals surface area contributed by atoms with Gasteiger partial charge in [0.2, 0.25) is 20.9 Å². The predicted molar refractivity (Wildman–Crippen MR) is 101 cm³/mol. The number of hydrogen-bond acceptors (Lipinski definition) is 5. The summed E-state index contributed by atoms with van der Waals surface area (Å²) in [6, 6.07) is 12.5. The van der Waals surface area contributed by atoms with Gasteiger partial charge in [-0.2, -0.15) is 0 Å². The van der Waals surface area contributed by atoms with Gasteiger partial charge in [0.25, 0.3) is 0 Å². The molecule has 2 aromatic carbocycles. The van der Waals surface area contributed by atoms with Crippen molar-refractivity contribution in [3.05, 3.63) is 83.7 Å². The van der Waals surface area contributed by atoms with Gasteiger partial charge in [0, 0.05) is 23.0 Å². The largest absolute Gasteiger partial charge is 0.444 e. The number of imidazole rings is 1. The number of halogens is 2. The molecule has 0 N–H and O–H groups in total. The third kappa shape index (κ3) is 3.69. The lowest BCUT2D eigenvalue weighted by molar-refractivity contribution is 0.570. The maximum absolute atomic E-state index is 13.5. The Kier molecular flexibility index (Phi) is 4.74. The number of nitrogens with zero attached hydrogens (tertiary/aromatic N) is 3. The number of aromatic nitrogens is 3. The number of hydrogen-bond donors (Lipinski definition) is 0. The van der Waals surface area contributed by atoms with Gasteiger partial charge < -0.3 is 4.42 Å². The molecule has 0 saturated heterocycles. The zero-order valence-corrected chi connectivity index (χ0v) is 15.9. The molecule has 9 heteroatoms. The normalized spacial score (nSPS) is 11.6. The second-order valence-corrected chi connectivity index (χ2v) is 8.29. The standard InChI is InChI=1S/C19H13ClFN3O3S/c20-14-4-1-3-13(9-14)18-23-16(11-27-18)12-28(25,26)19-22-7-8-24(19)17-6-2-5-15(21)10-17/h1-11H,12H2. The number of benzene rings is 2. The highest BCUT2D eigenvalue weighted by Gasteiger charge is 2.24. The average molecular weight is 418 g/mol. The van der Waals surface area contributed by atoms with E-state index in [2.05, 4.69) is 9.97 Å². The third-order valence-electron chi connectivity index (χ3n) is 3.93. The maximum atomic E-state index is 13.5. The molecular weight excluding hydrogens is 405 g/mol. The van der Waals surface area contributed by atoms with Crippen LogP contribution in [-0.4, -0.2) is 23.0 Å². The summed E-state index contributed by atoms with van der Waals surface area (Å²) in [7, 11) is -3.86. The van der Waals surface area contributed by atoms with Crippen LogP contribution in [0.5, 0.6) is 0 Å². The van der Waals surface area contributed by atoms with Crippen LogP contribution >= 0.6 is 11.6 Å². The number of rotatable bonds is 5. The van der Waals surface area contributed by atoms with Gasteiger partial charge in [0.05, 0.1) is 11.4 Å². The lowest BCUT2D eigenvalue weighted by Crippen LogP contribution is -2.12. The molecule has 0 bridgehead atoms. The fourth-order valence-corrected chi connectivity index (χ4v) is 4.26. The molecule has 2 heterocycles. The zero-order valence-electron chi connectivity index (χ0n) is 14.3. The van der Waals surface area contributed by atoms with Crippen molar-refractivity contribution in [2.24, 2.45) is 0 Å². The Morgan fingerprint density at radius 2 is 1.96 bits per heavy atom. The molecule has 4 aromatic rings. The van der Waals surface area contributed by atoms with Crippen LogP contribution in [0.15, 0.2) is 76.8 Å². The first-order valence-corrected chi connectivity index (χ1v) is 10.2. The van der Waals surface area contributed by atoms with E-state index in [0.29, 0.717) is 16.3 Å². The lowest BCUT2D eigenvalue weighted by Gasteiger charge is -2.08. The van der Waals surface area contributed by atoms with E-state index < -0.39 is 21.4 Å². The van der Waals surface area contributed by atoms with Crippen LogP contribution in [0.25, 0.3) is 17.1 Å². The second-order valence-electron chi connectivity index (χ2n) is 5.97. The van der Waals surface area contributed by atoms with Crippen molar-refractivity contribution in [3.63, 3.8) is 0 Å². The van der Waals surface area contributed by atoms with Crippen molar-refractivity contribution in [2.75, 3.05) is 0 Å². The summed E-state index contributed by atoms with van der Waals surface area (Å²) in [5.74, 6) is -0.623. The Labute approximate surface area is 165 Å². The van der Waals surface area contributed by atoms with Crippen LogP contribution < -0.4 is 0 Å². The summed E-state index contributed by atoms with van der Waals surface area (Å²) in [4.78, 5) is 8.18. The molecule has 142 valence electrons. The first-order valence-electron chi connectivity index (χ1n) is 8.15. The molecule has 0 aliphatic heterocycles. The quantitative estimate of drug-likeness (QED) is 0.484. The molecule has 2 aromatic heterocycles. The molecular formula is C19H13ClFN3O3S.